The first-order chi connectivity index (χ1) is 9.55. The van der Waals surface area contributed by atoms with E-state index in [-0.39, 0.29) is 5.91 Å². The van der Waals surface area contributed by atoms with Crippen molar-refractivity contribution in [3.05, 3.63) is 30.3 Å². The summed E-state index contributed by atoms with van der Waals surface area (Å²) < 4.78 is 26.2. The topological polar surface area (TPSA) is 57.7 Å². The van der Waals surface area contributed by atoms with E-state index in [9.17, 15) is 13.2 Å². The molecule has 0 aromatic heterocycles. The van der Waals surface area contributed by atoms with Gasteiger partial charge in [-0.15, -0.1) is 11.6 Å². The number of benzene rings is 1. The van der Waals surface area contributed by atoms with Crippen LogP contribution in [-0.4, -0.2) is 55.6 Å². The maximum atomic E-state index is 12.4. The summed E-state index contributed by atoms with van der Waals surface area (Å²) in [5.74, 6) is 0.276. The number of hydrogen-bond acceptors (Lipinski definition) is 3. The Kier molecular flexibility index (Phi) is 5.01. The minimum atomic E-state index is -3.45. The van der Waals surface area contributed by atoms with Crippen LogP contribution in [0.2, 0.25) is 0 Å². The van der Waals surface area contributed by atoms with E-state index in [0.29, 0.717) is 43.4 Å². The van der Waals surface area contributed by atoms with Gasteiger partial charge in [-0.05, 0) is 12.1 Å². The molecule has 1 aliphatic rings. The molecule has 1 amide bonds. The molecule has 0 bridgehead atoms. The van der Waals surface area contributed by atoms with Crippen LogP contribution >= 0.6 is 11.6 Å². The predicted octanol–water partition coefficient (Wildman–Crippen LogP) is 1.15. The van der Waals surface area contributed by atoms with E-state index in [1.54, 1.807) is 35.2 Å². The molecule has 0 atom stereocenters. The van der Waals surface area contributed by atoms with Crippen molar-refractivity contribution in [2.45, 2.75) is 11.3 Å². The van der Waals surface area contributed by atoms with Gasteiger partial charge in [-0.25, -0.2) is 8.42 Å². The first-order valence-electron chi connectivity index (χ1n) is 6.44. The first kappa shape index (κ1) is 15.3. The lowest BCUT2D eigenvalue weighted by Crippen LogP contribution is -2.50. The van der Waals surface area contributed by atoms with Crippen LogP contribution in [0.5, 0.6) is 0 Å². The molecule has 0 unspecified atom stereocenters. The standard InChI is InChI=1S/C13H17ClN2O3S/c14-7-6-13(17)15-8-10-16(11-9-15)20(18,19)12-4-2-1-3-5-12/h1-5H,6-11H2. The quantitative estimate of drug-likeness (QED) is 0.783. The van der Waals surface area contributed by atoms with Crippen molar-refractivity contribution in [3.8, 4) is 0 Å². The first-order valence-corrected chi connectivity index (χ1v) is 8.42. The summed E-state index contributed by atoms with van der Waals surface area (Å²) >= 11 is 5.54. The Morgan fingerprint density at radius 1 is 1.10 bits per heavy atom. The molecule has 0 aliphatic carbocycles. The Balaban J connectivity index is 2.02. The summed E-state index contributed by atoms with van der Waals surface area (Å²) in [4.78, 5) is 13.7. The zero-order valence-corrected chi connectivity index (χ0v) is 12.6. The maximum Gasteiger partial charge on any atom is 0.243 e. The number of nitrogens with zero attached hydrogens (tertiary/aromatic N) is 2. The fourth-order valence-corrected chi connectivity index (χ4v) is 3.76. The Morgan fingerprint density at radius 3 is 2.25 bits per heavy atom. The number of alkyl halides is 1. The van der Waals surface area contributed by atoms with Crippen LogP contribution in [0.4, 0.5) is 0 Å². The van der Waals surface area contributed by atoms with E-state index in [0.717, 1.165) is 0 Å². The second-order valence-corrected chi connectivity index (χ2v) is 6.85. The van der Waals surface area contributed by atoms with E-state index in [4.69, 9.17) is 11.6 Å². The molecule has 5 nitrogen and oxygen atoms in total. The van der Waals surface area contributed by atoms with Crippen LogP contribution in [-0.2, 0) is 14.8 Å². The number of carbonyl (C=O) groups excluding carboxylic acids is 1. The molecule has 1 saturated heterocycles. The van der Waals surface area contributed by atoms with Crippen molar-refractivity contribution in [1.82, 2.24) is 9.21 Å². The molecule has 1 aromatic rings. The van der Waals surface area contributed by atoms with E-state index in [2.05, 4.69) is 0 Å². The van der Waals surface area contributed by atoms with Crippen molar-refractivity contribution < 1.29 is 13.2 Å². The van der Waals surface area contributed by atoms with Crippen LogP contribution in [0, 0.1) is 0 Å². The Labute approximate surface area is 124 Å². The Bertz CT molecular complexity index is 554. The Morgan fingerprint density at radius 2 is 1.70 bits per heavy atom. The SMILES string of the molecule is O=C(CCCl)N1CCN(S(=O)(=O)c2ccccc2)CC1. The molecule has 1 heterocycles. The fraction of sp³-hybridized carbons (Fsp3) is 0.462. The van der Waals surface area contributed by atoms with Gasteiger partial charge in [0.25, 0.3) is 0 Å². The molecule has 1 fully saturated rings. The van der Waals surface area contributed by atoms with Crippen molar-refractivity contribution in [2.75, 3.05) is 32.1 Å². The molecule has 0 radical (unpaired) electrons. The van der Waals surface area contributed by atoms with Crippen LogP contribution in [0.25, 0.3) is 0 Å². The van der Waals surface area contributed by atoms with Gasteiger partial charge in [0.15, 0.2) is 0 Å². The molecule has 2 rings (SSSR count). The van der Waals surface area contributed by atoms with Crippen molar-refractivity contribution in [1.29, 1.82) is 0 Å². The van der Waals surface area contributed by atoms with Gasteiger partial charge in [-0.3, -0.25) is 4.79 Å². The van der Waals surface area contributed by atoms with Gasteiger partial charge in [0, 0.05) is 38.5 Å². The molecule has 20 heavy (non-hydrogen) atoms. The van der Waals surface area contributed by atoms with Gasteiger partial charge in [-0.1, -0.05) is 18.2 Å². The average molecular weight is 317 g/mol. The van der Waals surface area contributed by atoms with E-state index >= 15 is 0 Å². The van der Waals surface area contributed by atoms with Gasteiger partial charge < -0.3 is 4.90 Å². The number of halogens is 1. The highest BCUT2D eigenvalue weighted by molar-refractivity contribution is 7.89. The zero-order chi connectivity index (χ0) is 14.6. The minimum Gasteiger partial charge on any atom is -0.340 e. The summed E-state index contributed by atoms with van der Waals surface area (Å²) in [6.07, 6.45) is 0.299. The number of amides is 1. The number of sulfonamides is 1. The summed E-state index contributed by atoms with van der Waals surface area (Å²) in [5.41, 5.74) is 0. The van der Waals surface area contributed by atoms with Gasteiger partial charge >= 0.3 is 0 Å². The monoisotopic (exact) mass is 316 g/mol. The number of piperazine rings is 1. The van der Waals surface area contributed by atoms with E-state index in [1.165, 1.54) is 4.31 Å². The summed E-state index contributed by atoms with van der Waals surface area (Å²) in [7, 11) is -3.45. The number of rotatable bonds is 4. The van der Waals surface area contributed by atoms with Crippen molar-refractivity contribution in [2.24, 2.45) is 0 Å². The summed E-state index contributed by atoms with van der Waals surface area (Å²) in [6.45, 7) is 1.49. The molecule has 0 N–H and O–H groups in total. The second-order valence-electron chi connectivity index (χ2n) is 4.54. The highest BCUT2D eigenvalue weighted by Gasteiger charge is 2.29. The lowest BCUT2D eigenvalue weighted by Gasteiger charge is -2.34. The third kappa shape index (κ3) is 3.31. The molecule has 0 spiro atoms. The normalized spacial score (nSPS) is 17.1. The second kappa shape index (κ2) is 6.56. The molecular formula is C13H17ClN2O3S. The van der Waals surface area contributed by atoms with Crippen LogP contribution in [0.1, 0.15) is 6.42 Å². The summed E-state index contributed by atoms with van der Waals surface area (Å²) in [5, 5.41) is 0. The number of hydrogen-bond donors (Lipinski definition) is 0. The van der Waals surface area contributed by atoms with Crippen LogP contribution in [0.15, 0.2) is 35.2 Å². The van der Waals surface area contributed by atoms with Crippen molar-refractivity contribution in [3.63, 3.8) is 0 Å². The van der Waals surface area contributed by atoms with Gasteiger partial charge in [0.05, 0.1) is 4.90 Å². The van der Waals surface area contributed by atoms with Crippen LogP contribution in [0.3, 0.4) is 0 Å². The van der Waals surface area contributed by atoms with Crippen LogP contribution < -0.4 is 0 Å². The number of carbonyl (C=O) groups is 1. The Hall–Kier alpha value is -1.11. The van der Waals surface area contributed by atoms with Crippen molar-refractivity contribution >= 4 is 27.5 Å². The lowest BCUT2D eigenvalue weighted by atomic mass is 10.3. The summed E-state index contributed by atoms with van der Waals surface area (Å²) in [6, 6.07) is 8.35. The lowest BCUT2D eigenvalue weighted by molar-refractivity contribution is -0.131. The van der Waals surface area contributed by atoms with Gasteiger partial charge in [0.2, 0.25) is 15.9 Å². The van der Waals surface area contributed by atoms with E-state index in [1.807, 2.05) is 0 Å². The highest BCUT2D eigenvalue weighted by atomic mass is 35.5. The van der Waals surface area contributed by atoms with Gasteiger partial charge in [-0.2, -0.15) is 4.31 Å². The third-order valence-corrected chi connectivity index (χ3v) is 5.38. The molecular weight excluding hydrogens is 300 g/mol. The molecule has 110 valence electrons. The zero-order valence-electron chi connectivity index (χ0n) is 11.0. The van der Waals surface area contributed by atoms with Gasteiger partial charge in [0.1, 0.15) is 0 Å². The third-order valence-electron chi connectivity index (χ3n) is 3.28. The predicted molar refractivity (Wildman–Crippen MR) is 77.1 cm³/mol. The largest absolute Gasteiger partial charge is 0.340 e. The molecule has 0 saturated carbocycles. The fourth-order valence-electron chi connectivity index (χ4n) is 2.16. The van der Waals surface area contributed by atoms with E-state index < -0.39 is 10.0 Å². The molecule has 1 aliphatic heterocycles. The maximum absolute atomic E-state index is 12.4. The smallest absolute Gasteiger partial charge is 0.243 e. The minimum absolute atomic E-state index is 0.0169. The average Bonchev–Trinajstić information content (AvgIpc) is 2.48. The molecule has 7 heteroatoms. The molecule has 1 aromatic carbocycles. The highest BCUT2D eigenvalue weighted by Crippen LogP contribution is 2.17.